The Bertz CT molecular complexity index is 478. The van der Waals surface area contributed by atoms with E-state index in [9.17, 15) is 4.79 Å². The number of anilines is 2. The minimum Gasteiger partial charge on any atom is -0.462 e. The van der Waals surface area contributed by atoms with E-state index in [2.05, 4.69) is 21.8 Å². The Morgan fingerprint density at radius 2 is 2.20 bits per heavy atom. The molecule has 0 spiro atoms. The van der Waals surface area contributed by atoms with Crippen LogP contribution >= 0.6 is 0 Å². The molecule has 6 heteroatoms. The summed E-state index contributed by atoms with van der Waals surface area (Å²) < 4.78 is 5.02. The van der Waals surface area contributed by atoms with E-state index >= 15 is 0 Å². The van der Waals surface area contributed by atoms with E-state index in [-0.39, 0.29) is 5.97 Å². The Morgan fingerprint density at radius 3 is 2.95 bits per heavy atom. The van der Waals surface area contributed by atoms with Gasteiger partial charge in [-0.2, -0.15) is 0 Å². The Kier molecular flexibility index (Phi) is 4.79. The number of esters is 1. The topological polar surface area (TPSA) is 71.7 Å². The molecule has 6 nitrogen and oxygen atoms in total. The molecule has 2 rings (SSSR count). The summed E-state index contributed by atoms with van der Waals surface area (Å²) in [6.07, 6.45) is 2.67. The van der Waals surface area contributed by atoms with Crippen molar-refractivity contribution in [3.63, 3.8) is 0 Å². The number of carbonyl (C=O) groups is 1. The van der Waals surface area contributed by atoms with Crippen molar-refractivity contribution in [3.8, 4) is 0 Å². The number of rotatable bonds is 3. The monoisotopic (exact) mass is 278 g/mol. The summed E-state index contributed by atoms with van der Waals surface area (Å²) in [5, 5.41) is 0. The van der Waals surface area contributed by atoms with Crippen LogP contribution in [-0.2, 0) is 4.74 Å². The third-order valence-electron chi connectivity index (χ3n) is 3.48. The number of ether oxygens (including phenoxy) is 1. The Hall–Kier alpha value is -1.82. The van der Waals surface area contributed by atoms with Crippen LogP contribution in [0.2, 0.25) is 0 Å². The highest BCUT2D eigenvalue weighted by Crippen LogP contribution is 2.25. The minimum atomic E-state index is -0.388. The summed E-state index contributed by atoms with van der Waals surface area (Å²) in [4.78, 5) is 20.6. The van der Waals surface area contributed by atoms with Crippen molar-refractivity contribution in [1.29, 1.82) is 0 Å². The van der Waals surface area contributed by atoms with Crippen molar-refractivity contribution in [1.82, 2.24) is 9.88 Å². The quantitative estimate of drug-likeness (QED) is 0.831. The van der Waals surface area contributed by atoms with Gasteiger partial charge in [-0.3, -0.25) is 0 Å². The summed E-state index contributed by atoms with van der Waals surface area (Å²) >= 11 is 0. The molecule has 0 aliphatic carbocycles. The molecule has 2 N–H and O–H groups in total. The van der Waals surface area contributed by atoms with Gasteiger partial charge in [-0.1, -0.05) is 0 Å². The molecule has 1 aliphatic heterocycles. The standard InChI is InChI=1S/C14H22N4O2/c1-3-20-14(19)11-5-6-16-13(12(11)15)18-8-4-7-17(2)9-10-18/h5-6H,3-4,7-10,15H2,1-2H3. The maximum atomic E-state index is 11.9. The van der Waals surface area contributed by atoms with Crippen LogP contribution in [0.25, 0.3) is 0 Å². The Morgan fingerprint density at radius 1 is 1.40 bits per heavy atom. The highest BCUT2D eigenvalue weighted by Gasteiger charge is 2.20. The molecule has 0 atom stereocenters. The molecular weight excluding hydrogens is 256 g/mol. The van der Waals surface area contributed by atoms with Gasteiger partial charge in [0.1, 0.15) is 0 Å². The molecule has 2 heterocycles. The van der Waals surface area contributed by atoms with Crippen molar-refractivity contribution in [2.75, 3.05) is 50.5 Å². The largest absolute Gasteiger partial charge is 0.462 e. The molecule has 0 saturated carbocycles. The second kappa shape index (κ2) is 6.56. The first-order chi connectivity index (χ1) is 9.63. The predicted molar refractivity (Wildman–Crippen MR) is 78.9 cm³/mol. The third kappa shape index (κ3) is 3.19. The number of aromatic nitrogens is 1. The Balaban J connectivity index is 2.23. The van der Waals surface area contributed by atoms with Gasteiger partial charge in [0.25, 0.3) is 0 Å². The van der Waals surface area contributed by atoms with Crippen molar-refractivity contribution in [3.05, 3.63) is 17.8 Å². The van der Waals surface area contributed by atoms with Crippen LogP contribution in [0, 0.1) is 0 Å². The van der Waals surface area contributed by atoms with Crippen molar-refractivity contribution in [2.45, 2.75) is 13.3 Å². The van der Waals surface area contributed by atoms with E-state index in [0.717, 1.165) is 32.6 Å². The maximum absolute atomic E-state index is 11.9. The van der Waals surface area contributed by atoms with Gasteiger partial charge in [0.2, 0.25) is 0 Å². The molecule has 1 aromatic rings. The van der Waals surface area contributed by atoms with Crippen LogP contribution in [-0.4, -0.2) is 55.7 Å². The molecular formula is C14H22N4O2. The SMILES string of the molecule is CCOC(=O)c1ccnc(N2CCCN(C)CC2)c1N. The fourth-order valence-corrected chi connectivity index (χ4v) is 2.36. The average molecular weight is 278 g/mol. The van der Waals surface area contributed by atoms with Crippen molar-refractivity contribution < 1.29 is 9.53 Å². The van der Waals surface area contributed by atoms with Crippen LogP contribution in [0.15, 0.2) is 12.3 Å². The van der Waals surface area contributed by atoms with Crippen LogP contribution < -0.4 is 10.6 Å². The molecule has 1 aliphatic rings. The first-order valence-corrected chi connectivity index (χ1v) is 6.98. The lowest BCUT2D eigenvalue weighted by Crippen LogP contribution is -2.30. The average Bonchev–Trinajstić information content (AvgIpc) is 2.64. The zero-order valence-electron chi connectivity index (χ0n) is 12.1. The first kappa shape index (κ1) is 14.6. The lowest BCUT2D eigenvalue weighted by Gasteiger charge is -2.23. The minimum absolute atomic E-state index is 0.338. The predicted octanol–water partition coefficient (Wildman–Crippen LogP) is 0.982. The summed E-state index contributed by atoms with van der Waals surface area (Å²) in [6, 6.07) is 1.61. The number of hydrogen-bond acceptors (Lipinski definition) is 6. The molecule has 1 fully saturated rings. The fourth-order valence-electron chi connectivity index (χ4n) is 2.36. The molecule has 110 valence electrons. The molecule has 0 radical (unpaired) electrons. The van der Waals surface area contributed by atoms with Crippen molar-refractivity contribution >= 4 is 17.5 Å². The molecule has 1 aromatic heterocycles. The van der Waals surface area contributed by atoms with Crippen LogP contribution in [0.5, 0.6) is 0 Å². The molecule has 0 aromatic carbocycles. The molecule has 0 unspecified atom stereocenters. The van der Waals surface area contributed by atoms with Crippen LogP contribution in [0.4, 0.5) is 11.5 Å². The van der Waals surface area contributed by atoms with Gasteiger partial charge in [-0.25, -0.2) is 9.78 Å². The number of hydrogen-bond donors (Lipinski definition) is 1. The van der Waals surface area contributed by atoms with Crippen molar-refractivity contribution in [2.24, 2.45) is 0 Å². The van der Waals surface area contributed by atoms with E-state index in [4.69, 9.17) is 10.5 Å². The number of nitrogens with two attached hydrogens (primary N) is 1. The zero-order chi connectivity index (χ0) is 14.5. The van der Waals surface area contributed by atoms with E-state index in [1.54, 1.807) is 19.2 Å². The lowest BCUT2D eigenvalue weighted by molar-refractivity contribution is 0.0527. The molecule has 20 heavy (non-hydrogen) atoms. The fraction of sp³-hybridized carbons (Fsp3) is 0.571. The van der Waals surface area contributed by atoms with Gasteiger partial charge < -0.3 is 20.3 Å². The number of nitrogens with zero attached hydrogens (tertiary/aromatic N) is 3. The summed E-state index contributed by atoms with van der Waals surface area (Å²) in [5.41, 5.74) is 6.92. The second-order valence-corrected chi connectivity index (χ2v) is 4.96. The van der Waals surface area contributed by atoms with E-state index in [1.807, 2.05) is 0 Å². The van der Waals surface area contributed by atoms with Gasteiger partial charge in [0.15, 0.2) is 5.82 Å². The number of nitrogen functional groups attached to an aromatic ring is 1. The van der Waals surface area contributed by atoms with Crippen LogP contribution in [0.1, 0.15) is 23.7 Å². The zero-order valence-corrected chi connectivity index (χ0v) is 12.1. The first-order valence-electron chi connectivity index (χ1n) is 6.98. The van der Waals surface area contributed by atoms with E-state index in [0.29, 0.717) is 23.7 Å². The van der Waals surface area contributed by atoms with Gasteiger partial charge in [-0.05, 0) is 33.0 Å². The smallest absolute Gasteiger partial charge is 0.340 e. The Labute approximate surface area is 119 Å². The lowest BCUT2D eigenvalue weighted by atomic mass is 10.2. The summed E-state index contributed by atoms with van der Waals surface area (Å²) in [5.74, 6) is 0.298. The third-order valence-corrected chi connectivity index (χ3v) is 3.48. The van der Waals surface area contributed by atoms with E-state index < -0.39 is 0 Å². The number of carbonyl (C=O) groups excluding carboxylic acids is 1. The van der Waals surface area contributed by atoms with E-state index in [1.165, 1.54) is 0 Å². The summed E-state index contributed by atoms with van der Waals surface area (Å²) in [7, 11) is 2.11. The van der Waals surface area contributed by atoms with Gasteiger partial charge in [0.05, 0.1) is 17.9 Å². The molecule has 0 bridgehead atoms. The highest BCUT2D eigenvalue weighted by molar-refractivity contribution is 5.97. The van der Waals surface area contributed by atoms with Gasteiger partial charge in [0, 0.05) is 25.8 Å². The molecule has 0 amide bonds. The second-order valence-electron chi connectivity index (χ2n) is 4.96. The number of likely N-dealkylation sites (N-methyl/N-ethyl adjacent to an activating group) is 1. The summed E-state index contributed by atoms with van der Waals surface area (Å²) in [6.45, 7) is 5.90. The maximum Gasteiger partial charge on any atom is 0.340 e. The van der Waals surface area contributed by atoms with Gasteiger partial charge in [-0.15, -0.1) is 0 Å². The van der Waals surface area contributed by atoms with Crippen LogP contribution in [0.3, 0.4) is 0 Å². The number of pyridine rings is 1. The normalized spacial score (nSPS) is 16.8. The molecule has 1 saturated heterocycles. The van der Waals surface area contributed by atoms with Gasteiger partial charge >= 0.3 is 5.97 Å². The highest BCUT2D eigenvalue weighted by atomic mass is 16.5.